The Morgan fingerprint density at radius 1 is 1.25 bits per heavy atom. The zero-order valence-electron chi connectivity index (χ0n) is 8.60. The molecular formula is C11H13NO4. The summed E-state index contributed by atoms with van der Waals surface area (Å²) in [6.45, 7) is 0.779. The number of ketones is 1. The second-order valence-electron chi connectivity index (χ2n) is 3.84. The van der Waals surface area contributed by atoms with E-state index in [-0.39, 0.29) is 17.4 Å². The third kappa shape index (κ3) is 1.69. The van der Waals surface area contributed by atoms with Crippen LogP contribution in [0.15, 0.2) is 12.1 Å². The second kappa shape index (κ2) is 4.02. The van der Waals surface area contributed by atoms with Gasteiger partial charge < -0.3 is 20.6 Å². The van der Waals surface area contributed by atoms with Crippen LogP contribution in [0, 0.1) is 0 Å². The molecule has 0 bridgehead atoms. The number of rotatable bonds is 2. The summed E-state index contributed by atoms with van der Waals surface area (Å²) in [7, 11) is 0. The van der Waals surface area contributed by atoms with E-state index in [4.69, 9.17) is 5.11 Å². The molecule has 1 saturated heterocycles. The van der Waals surface area contributed by atoms with Gasteiger partial charge in [0.05, 0.1) is 11.6 Å². The van der Waals surface area contributed by atoms with Crippen LogP contribution in [0.2, 0.25) is 0 Å². The van der Waals surface area contributed by atoms with E-state index in [1.54, 1.807) is 0 Å². The third-order valence-electron chi connectivity index (χ3n) is 2.77. The van der Waals surface area contributed by atoms with Crippen LogP contribution >= 0.6 is 0 Å². The highest BCUT2D eigenvalue weighted by atomic mass is 16.3. The van der Waals surface area contributed by atoms with Crippen molar-refractivity contribution in [2.75, 3.05) is 6.54 Å². The Hall–Kier alpha value is -1.75. The maximum absolute atomic E-state index is 11.9. The van der Waals surface area contributed by atoms with Crippen molar-refractivity contribution in [2.45, 2.75) is 18.9 Å². The predicted molar refractivity (Wildman–Crippen MR) is 56.8 cm³/mol. The molecule has 1 aromatic rings. The zero-order chi connectivity index (χ0) is 11.7. The van der Waals surface area contributed by atoms with Crippen LogP contribution in [0.3, 0.4) is 0 Å². The molecule has 0 spiro atoms. The van der Waals surface area contributed by atoms with Crippen LogP contribution in [-0.2, 0) is 0 Å². The fourth-order valence-corrected chi connectivity index (χ4v) is 1.86. The van der Waals surface area contributed by atoms with Gasteiger partial charge in [-0.3, -0.25) is 4.79 Å². The van der Waals surface area contributed by atoms with E-state index in [1.807, 2.05) is 0 Å². The van der Waals surface area contributed by atoms with Gasteiger partial charge in [0.15, 0.2) is 17.3 Å². The van der Waals surface area contributed by atoms with Gasteiger partial charge in [-0.25, -0.2) is 0 Å². The van der Waals surface area contributed by atoms with Gasteiger partial charge in [0.2, 0.25) is 5.75 Å². The molecule has 1 aliphatic heterocycles. The van der Waals surface area contributed by atoms with Crippen molar-refractivity contribution in [3.8, 4) is 17.2 Å². The molecule has 16 heavy (non-hydrogen) atoms. The van der Waals surface area contributed by atoms with Gasteiger partial charge in [-0.1, -0.05) is 0 Å². The molecule has 2 rings (SSSR count). The average Bonchev–Trinajstić information content (AvgIpc) is 2.79. The van der Waals surface area contributed by atoms with Gasteiger partial charge in [0, 0.05) is 0 Å². The lowest BCUT2D eigenvalue weighted by Crippen LogP contribution is -2.30. The lowest BCUT2D eigenvalue weighted by Gasteiger charge is -2.11. The quantitative estimate of drug-likeness (QED) is 0.438. The van der Waals surface area contributed by atoms with E-state index in [1.165, 1.54) is 12.1 Å². The third-order valence-corrected chi connectivity index (χ3v) is 2.77. The molecule has 5 heteroatoms. The summed E-state index contributed by atoms with van der Waals surface area (Å²) in [4.78, 5) is 11.9. The minimum absolute atomic E-state index is 0.0368. The molecule has 1 unspecified atom stereocenters. The molecule has 86 valence electrons. The smallest absolute Gasteiger partial charge is 0.201 e. The Labute approximate surface area is 92.3 Å². The number of hydrogen-bond donors (Lipinski definition) is 4. The maximum atomic E-state index is 11.9. The van der Waals surface area contributed by atoms with Gasteiger partial charge in [-0.05, 0) is 31.5 Å². The molecule has 0 aliphatic carbocycles. The number of carbonyl (C=O) groups is 1. The Morgan fingerprint density at radius 3 is 2.62 bits per heavy atom. The number of carbonyl (C=O) groups excluding carboxylic acids is 1. The van der Waals surface area contributed by atoms with Crippen LogP contribution in [-0.4, -0.2) is 33.7 Å². The number of aromatic hydroxyl groups is 3. The minimum atomic E-state index is -0.649. The molecule has 4 N–H and O–H groups in total. The van der Waals surface area contributed by atoms with E-state index in [0.717, 1.165) is 19.4 Å². The Bertz CT molecular complexity index is 424. The summed E-state index contributed by atoms with van der Waals surface area (Å²) in [5, 5.41) is 31.0. The lowest BCUT2D eigenvalue weighted by atomic mass is 10.0. The fraction of sp³-hybridized carbons (Fsp3) is 0.364. The monoisotopic (exact) mass is 223 g/mol. The minimum Gasteiger partial charge on any atom is -0.504 e. The summed E-state index contributed by atoms with van der Waals surface area (Å²) in [5.41, 5.74) is 0.0368. The van der Waals surface area contributed by atoms with Crippen molar-refractivity contribution in [3.63, 3.8) is 0 Å². The van der Waals surface area contributed by atoms with Crippen molar-refractivity contribution in [3.05, 3.63) is 17.7 Å². The van der Waals surface area contributed by atoms with Crippen LogP contribution in [0.5, 0.6) is 17.2 Å². The standard InChI is InChI=1S/C11H13NO4/c13-8-4-3-6(10(15)11(8)16)9(14)7-2-1-5-12-7/h3-4,7,12-13,15-16H,1-2,5H2. The lowest BCUT2D eigenvalue weighted by molar-refractivity contribution is 0.0949. The average molecular weight is 223 g/mol. The predicted octanol–water partition coefficient (Wildman–Crippen LogP) is 0.738. The topological polar surface area (TPSA) is 89.8 Å². The Morgan fingerprint density at radius 2 is 2.00 bits per heavy atom. The maximum Gasteiger partial charge on any atom is 0.201 e. The first-order valence-electron chi connectivity index (χ1n) is 5.12. The molecule has 0 saturated carbocycles. The van der Waals surface area contributed by atoms with E-state index in [9.17, 15) is 15.0 Å². The number of Topliss-reactive ketones (excluding diaryl/α,β-unsaturated/α-hetero) is 1. The number of benzene rings is 1. The number of phenols is 3. The highest BCUT2D eigenvalue weighted by Crippen LogP contribution is 2.37. The molecule has 1 atom stereocenters. The van der Waals surface area contributed by atoms with Crippen LogP contribution in [0.25, 0.3) is 0 Å². The first-order chi connectivity index (χ1) is 7.61. The highest BCUT2D eigenvalue weighted by molar-refractivity contribution is 6.03. The summed E-state index contributed by atoms with van der Waals surface area (Å²) in [5.74, 6) is -1.90. The number of nitrogens with one attached hydrogen (secondary N) is 1. The summed E-state index contributed by atoms with van der Waals surface area (Å²) < 4.78 is 0. The second-order valence-corrected chi connectivity index (χ2v) is 3.84. The van der Waals surface area contributed by atoms with Crippen LogP contribution < -0.4 is 5.32 Å². The molecule has 0 amide bonds. The van der Waals surface area contributed by atoms with E-state index >= 15 is 0 Å². The molecule has 0 radical (unpaired) electrons. The van der Waals surface area contributed by atoms with Gasteiger partial charge in [-0.2, -0.15) is 0 Å². The zero-order valence-corrected chi connectivity index (χ0v) is 8.60. The fourth-order valence-electron chi connectivity index (χ4n) is 1.86. The SMILES string of the molecule is O=C(c1ccc(O)c(O)c1O)C1CCCN1. The van der Waals surface area contributed by atoms with Crippen molar-refractivity contribution in [1.29, 1.82) is 0 Å². The largest absolute Gasteiger partial charge is 0.504 e. The Balaban J connectivity index is 2.33. The van der Waals surface area contributed by atoms with Crippen molar-refractivity contribution < 1.29 is 20.1 Å². The van der Waals surface area contributed by atoms with Crippen LogP contribution in [0.1, 0.15) is 23.2 Å². The molecule has 0 aromatic heterocycles. The van der Waals surface area contributed by atoms with Crippen molar-refractivity contribution >= 4 is 5.78 Å². The Kier molecular flexibility index (Phi) is 2.70. The molecule has 1 aliphatic rings. The summed E-state index contributed by atoms with van der Waals surface area (Å²) >= 11 is 0. The van der Waals surface area contributed by atoms with Gasteiger partial charge in [0.25, 0.3) is 0 Å². The molecule has 1 aromatic carbocycles. The first kappa shape index (κ1) is 10.8. The van der Waals surface area contributed by atoms with E-state index < -0.39 is 17.2 Å². The molecule has 1 fully saturated rings. The van der Waals surface area contributed by atoms with Crippen molar-refractivity contribution in [1.82, 2.24) is 5.32 Å². The van der Waals surface area contributed by atoms with Gasteiger partial charge in [-0.15, -0.1) is 0 Å². The number of phenolic OH excluding ortho intramolecular Hbond substituents is 3. The van der Waals surface area contributed by atoms with Gasteiger partial charge in [0.1, 0.15) is 0 Å². The van der Waals surface area contributed by atoms with Gasteiger partial charge >= 0.3 is 0 Å². The normalized spacial score (nSPS) is 19.9. The van der Waals surface area contributed by atoms with E-state index in [2.05, 4.69) is 5.32 Å². The first-order valence-corrected chi connectivity index (χ1v) is 5.12. The molecular weight excluding hydrogens is 210 g/mol. The molecule has 5 nitrogen and oxygen atoms in total. The number of hydrogen-bond acceptors (Lipinski definition) is 5. The van der Waals surface area contributed by atoms with Crippen molar-refractivity contribution in [2.24, 2.45) is 0 Å². The summed E-state index contributed by atoms with van der Waals surface area (Å²) in [6.07, 6.45) is 1.64. The molecule has 1 heterocycles. The highest BCUT2D eigenvalue weighted by Gasteiger charge is 2.26. The van der Waals surface area contributed by atoms with E-state index in [0.29, 0.717) is 0 Å². The summed E-state index contributed by atoms with van der Waals surface area (Å²) in [6, 6.07) is 2.19. The van der Waals surface area contributed by atoms with Crippen LogP contribution in [0.4, 0.5) is 0 Å².